The molecule has 0 saturated heterocycles. The molecule has 2 aromatic rings. The third-order valence-corrected chi connectivity index (χ3v) is 4.02. The minimum absolute atomic E-state index is 0.219. The van der Waals surface area contributed by atoms with Crippen molar-refractivity contribution in [2.45, 2.75) is 13.8 Å². The van der Waals surface area contributed by atoms with Crippen molar-refractivity contribution in [3.8, 4) is 5.75 Å². The molecule has 5 nitrogen and oxygen atoms in total. The first-order chi connectivity index (χ1) is 10.9. The maximum absolute atomic E-state index is 12.0. The normalized spacial score (nSPS) is 10.2. The first-order valence-electron chi connectivity index (χ1n) is 6.96. The van der Waals surface area contributed by atoms with Crippen LogP contribution in [0.3, 0.4) is 0 Å². The SMILES string of the molecule is Cc1cc(Br)c(NC(=O)COc2ccccc2C(N)=O)cc1C. The summed E-state index contributed by atoms with van der Waals surface area (Å²) in [6.45, 7) is 3.75. The van der Waals surface area contributed by atoms with Crippen molar-refractivity contribution in [1.82, 2.24) is 0 Å². The summed E-state index contributed by atoms with van der Waals surface area (Å²) >= 11 is 3.42. The molecule has 3 N–H and O–H groups in total. The van der Waals surface area contributed by atoms with Crippen molar-refractivity contribution in [2.75, 3.05) is 11.9 Å². The van der Waals surface area contributed by atoms with Crippen molar-refractivity contribution in [2.24, 2.45) is 5.73 Å². The predicted molar refractivity (Wildman–Crippen MR) is 92.7 cm³/mol. The molecule has 0 atom stereocenters. The highest BCUT2D eigenvalue weighted by Gasteiger charge is 2.12. The van der Waals surface area contributed by atoms with Gasteiger partial charge in [-0.15, -0.1) is 0 Å². The van der Waals surface area contributed by atoms with Gasteiger partial charge in [-0.1, -0.05) is 12.1 Å². The van der Waals surface area contributed by atoms with Gasteiger partial charge in [0.25, 0.3) is 11.8 Å². The fourth-order valence-electron chi connectivity index (χ4n) is 2.00. The number of nitrogens with two attached hydrogens (primary N) is 1. The number of carbonyl (C=O) groups excluding carboxylic acids is 2. The Morgan fingerprint density at radius 1 is 1.17 bits per heavy atom. The molecule has 2 aromatic carbocycles. The Morgan fingerprint density at radius 3 is 2.52 bits per heavy atom. The Balaban J connectivity index is 2.04. The topological polar surface area (TPSA) is 81.4 Å². The lowest BCUT2D eigenvalue weighted by Gasteiger charge is -2.12. The summed E-state index contributed by atoms with van der Waals surface area (Å²) in [5, 5.41) is 2.77. The summed E-state index contributed by atoms with van der Waals surface area (Å²) in [5.41, 5.74) is 8.38. The fourth-order valence-corrected chi connectivity index (χ4v) is 2.56. The van der Waals surface area contributed by atoms with Gasteiger partial charge in [-0.25, -0.2) is 0 Å². The summed E-state index contributed by atoms with van der Waals surface area (Å²) in [7, 11) is 0. The Hall–Kier alpha value is -2.34. The highest BCUT2D eigenvalue weighted by atomic mass is 79.9. The molecule has 0 bridgehead atoms. The summed E-state index contributed by atoms with van der Waals surface area (Å²) in [5.74, 6) is -0.638. The van der Waals surface area contributed by atoms with Gasteiger partial charge in [0, 0.05) is 4.47 Å². The number of aryl methyl sites for hydroxylation is 2. The third kappa shape index (κ3) is 4.32. The van der Waals surface area contributed by atoms with E-state index in [-0.39, 0.29) is 23.8 Å². The van der Waals surface area contributed by atoms with Gasteiger partial charge >= 0.3 is 0 Å². The smallest absolute Gasteiger partial charge is 0.262 e. The molecule has 0 aliphatic heterocycles. The number of ether oxygens (including phenoxy) is 1. The van der Waals surface area contributed by atoms with Crippen LogP contribution in [0.25, 0.3) is 0 Å². The van der Waals surface area contributed by atoms with Crippen LogP contribution in [0.15, 0.2) is 40.9 Å². The number of amides is 2. The van der Waals surface area contributed by atoms with E-state index in [1.54, 1.807) is 24.3 Å². The average molecular weight is 377 g/mol. The molecule has 0 radical (unpaired) electrons. The number of hydrogen-bond acceptors (Lipinski definition) is 3. The minimum atomic E-state index is -0.599. The van der Waals surface area contributed by atoms with E-state index in [9.17, 15) is 9.59 Å². The van der Waals surface area contributed by atoms with Crippen LogP contribution in [0.5, 0.6) is 5.75 Å². The van der Waals surface area contributed by atoms with E-state index >= 15 is 0 Å². The molecule has 2 rings (SSSR count). The van der Waals surface area contributed by atoms with Crippen LogP contribution in [-0.4, -0.2) is 18.4 Å². The maximum Gasteiger partial charge on any atom is 0.262 e. The minimum Gasteiger partial charge on any atom is -0.483 e. The monoisotopic (exact) mass is 376 g/mol. The summed E-state index contributed by atoms with van der Waals surface area (Å²) in [6.07, 6.45) is 0. The van der Waals surface area contributed by atoms with Crippen molar-refractivity contribution >= 4 is 33.4 Å². The van der Waals surface area contributed by atoms with Crippen LogP contribution < -0.4 is 15.8 Å². The van der Waals surface area contributed by atoms with E-state index in [1.165, 1.54) is 0 Å². The largest absolute Gasteiger partial charge is 0.483 e. The van der Waals surface area contributed by atoms with E-state index in [2.05, 4.69) is 21.2 Å². The van der Waals surface area contributed by atoms with Gasteiger partial charge in [-0.2, -0.15) is 0 Å². The highest BCUT2D eigenvalue weighted by molar-refractivity contribution is 9.10. The van der Waals surface area contributed by atoms with Crippen molar-refractivity contribution in [1.29, 1.82) is 0 Å². The Bertz CT molecular complexity index is 759. The fraction of sp³-hybridized carbons (Fsp3) is 0.176. The van der Waals surface area contributed by atoms with Gasteiger partial charge in [0.2, 0.25) is 0 Å². The second-order valence-electron chi connectivity index (χ2n) is 5.11. The lowest BCUT2D eigenvalue weighted by molar-refractivity contribution is -0.118. The zero-order chi connectivity index (χ0) is 17.0. The summed E-state index contributed by atoms with van der Waals surface area (Å²) in [4.78, 5) is 23.3. The van der Waals surface area contributed by atoms with E-state index < -0.39 is 5.91 Å². The van der Waals surface area contributed by atoms with Crippen LogP contribution in [0.1, 0.15) is 21.5 Å². The number of nitrogens with one attached hydrogen (secondary N) is 1. The second-order valence-corrected chi connectivity index (χ2v) is 5.97. The standard InChI is InChI=1S/C17H17BrN2O3/c1-10-7-13(18)14(8-11(10)2)20-16(21)9-23-15-6-4-3-5-12(15)17(19)22/h3-8H,9H2,1-2H3,(H2,19,22)(H,20,21). The molecule has 6 heteroatoms. The van der Waals surface area contributed by atoms with Crippen molar-refractivity contribution < 1.29 is 14.3 Å². The Morgan fingerprint density at radius 2 is 1.83 bits per heavy atom. The molecule has 120 valence electrons. The van der Waals surface area contributed by atoms with Crippen LogP contribution >= 0.6 is 15.9 Å². The number of para-hydroxylation sites is 1. The lowest BCUT2D eigenvalue weighted by atomic mass is 10.1. The highest BCUT2D eigenvalue weighted by Crippen LogP contribution is 2.26. The molecule has 0 fully saturated rings. The summed E-state index contributed by atoms with van der Waals surface area (Å²) < 4.78 is 6.20. The average Bonchev–Trinajstić information content (AvgIpc) is 2.50. The Kier molecular flexibility index (Phi) is 5.39. The number of anilines is 1. The van der Waals surface area contributed by atoms with Gasteiger partial charge in [-0.3, -0.25) is 9.59 Å². The van der Waals surface area contributed by atoms with Crippen LogP contribution in [-0.2, 0) is 4.79 Å². The van der Waals surface area contributed by atoms with Crippen molar-refractivity contribution in [3.05, 3.63) is 57.6 Å². The molecule has 23 heavy (non-hydrogen) atoms. The molecule has 0 aliphatic rings. The number of primary amides is 1. The van der Waals surface area contributed by atoms with Gasteiger partial charge in [-0.05, 0) is 65.2 Å². The van der Waals surface area contributed by atoms with Crippen LogP contribution in [0.2, 0.25) is 0 Å². The summed E-state index contributed by atoms with van der Waals surface area (Å²) in [6, 6.07) is 10.4. The van der Waals surface area contributed by atoms with E-state index in [1.807, 2.05) is 26.0 Å². The molecule has 0 aliphatic carbocycles. The van der Waals surface area contributed by atoms with E-state index in [4.69, 9.17) is 10.5 Å². The van der Waals surface area contributed by atoms with Gasteiger partial charge in [0.1, 0.15) is 5.75 Å². The van der Waals surface area contributed by atoms with Gasteiger partial charge < -0.3 is 15.8 Å². The lowest BCUT2D eigenvalue weighted by Crippen LogP contribution is -2.22. The predicted octanol–water partition coefficient (Wildman–Crippen LogP) is 3.18. The second kappa shape index (κ2) is 7.28. The zero-order valence-electron chi connectivity index (χ0n) is 12.9. The van der Waals surface area contributed by atoms with Crippen molar-refractivity contribution in [3.63, 3.8) is 0 Å². The van der Waals surface area contributed by atoms with E-state index in [0.717, 1.165) is 15.6 Å². The number of halogens is 1. The molecule has 0 heterocycles. The zero-order valence-corrected chi connectivity index (χ0v) is 14.4. The molecule has 0 spiro atoms. The molecular formula is C17H17BrN2O3. The van der Waals surface area contributed by atoms with Gasteiger partial charge in [0.05, 0.1) is 11.3 Å². The first kappa shape index (κ1) is 17.0. The quantitative estimate of drug-likeness (QED) is 0.840. The molecule has 0 unspecified atom stereocenters. The number of hydrogen-bond donors (Lipinski definition) is 2. The van der Waals surface area contributed by atoms with Crippen LogP contribution in [0.4, 0.5) is 5.69 Å². The van der Waals surface area contributed by atoms with Crippen LogP contribution in [0, 0.1) is 13.8 Å². The Labute approximate surface area is 143 Å². The third-order valence-electron chi connectivity index (χ3n) is 3.37. The maximum atomic E-state index is 12.0. The number of rotatable bonds is 5. The molecular weight excluding hydrogens is 360 g/mol. The van der Waals surface area contributed by atoms with E-state index in [0.29, 0.717) is 5.69 Å². The molecule has 0 saturated carbocycles. The first-order valence-corrected chi connectivity index (χ1v) is 7.76. The number of carbonyl (C=O) groups is 2. The van der Waals surface area contributed by atoms with Gasteiger partial charge in [0.15, 0.2) is 6.61 Å². The molecule has 2 amide bonds. The number of benzene rings is 2. The molecule has 0 aromatic heterocycles.